The van der Waals surface area contributed by atoms with Crippen LogP contribution in [0.25, 0.3) is 0 Å². The molecule has 0 atom stereocenters. The lowest BCUT2D eigenvalue weighted by atomic mass is 10.2. The van der Waals surface area contributed by atoms with Crippen LogP contribution < -0.4 is 26.6 Å². The molecule has 1 aliphatic carbocycles. The van der Waals surface area contributed by atoms with Crippen LogP contribution in [0.2, 0.25) is 0 Å². The summed E-state index contributed by atoms with van der Waals surface area (Å²) in [7, 11) is 0. The largest absolute Gasteiger partial charge is 0.357 e. The molecule has 0 unspecified atom stereocenters. The number of aliphatic imine (C=N–C) groups is 1. The maximum absolute atomic E-state index is 11.7. The van der Waals surface area contributed by atoms with Crippen LogP contribution >= 0.6 is 0 Å². The van der Waals surface area contributed by atoms with Gasteiger partial charge in [-0.2, -0.15) is 0 Å². The summed E-state index contributed by atoms with van der Waals surface area (Å²) in [5.74, 6) is 1.09. The third-order valence-electron chi connectivity index (χ3n) is 4.06. The van der Waals surface area contributed by atoms with E-state index in [0.29, 0.717) is 25.6 Å². The minimum atomic E-state index is -0.215. The molecule has 0 radical (unpaired) electrons. The Labute approximate surface area is 167 Å². The first kappa shape index (κ1) is 21.5. The molecule has 1 aromatic rings. The second-order valence-corrected chi connectivity index (χ2v) is 7.14. The van der Waals surface area contributed by atoms with Crippen molar-refractivity contribution >= 4 is 23.6 Å². The zero-order valence-electron chi connectivity index (χ0n) is 17.0. The molecule has 1 aromatic carbocycles. The summed E-state index contributed by atoms with van der Waals surface area (Å²) >= 11 is 0. The Kier molecular flexibility index (Phi) is 8.58. The maximum Gasteiger partial charge on any atom is 0.319 e. The van der Waals surface area contributed by atoms with Gasteiger partial charge in [-0.3, -0.25) is 4.79 Å². The normalized spacial score (nSPS) is 13.8. The highest BCUT2D eigenvalue weighted by Crippen LogP contribution is 2.28. The summed E-state index contributed by atoms with van der Waals surface area (Å²) in [6.07, 6.45) is 2.03. The van der Waals surface area contributed by atoms with E-state index in [0.717, 1.165) is 30.6 Å². The smallest absolute Gasteiger partial charge is 0.319 e. The lowest BCUT2D eigenvalue weighted by Crippen LogP contribution is -2.41. The molecule has 28 heavy (non-hydrogen) atoms. The Morgan fingerprint density at radius 2 is 1.75 bits per heavy atom. The maximum atomic E-state index is 11.7. The first-order valence-electron chi connectivity index (χ1n) is 9.94. The van der Waals surface area contributed by atoms with Gasteiger partial charge in [0.05, 0.1) is 6.54 Å². The van der Waals surface area contributed by atoms with Crippen LogP contribution in [0.4, 0.5) is 10.5 Å². The van der Waals surface area contributed by atoms with Crippen LogP contribution in [-0.4, -0.2) is 43.6 Å². The summed E-state index contributed by atoms with van der Waals surface area (Å²) < 4.78 is 0. The Bertz CT molecular complexity index is 668. The van der Waals surface area contributed by atoms with E-state index in [1.165, 1.54) is 0 Å². The minimum absolute atomic E-state index is 0.0904. The third kappa shape index (κ3) is 8.28. The predicted octanol–water partition coefficient (Wildman–Crippen LogP) is 1.80. The van der Waals surface area contributed by atoms with Crippen LogP contribution in [0.5, 0.6) is 0 Å². The van der Waals surface area contributed by atoms with E-state index in [4.69, 9.17) is 0 Å². The van der Waals surface area contributed by atoms with E-state index in [-0.39, 0.29) is 23.9 Å². The first-order chi connectivity index (χ1) is 13.5. The van der Waals surface area contributed by atoms with Crippen LogP contribution in [-0.2, 0) is 11.3 Å². The Balaban J connectivity index is 1.77. The van der Waals surface area contributed by atoms with E-state index >= 15 is 0 Å². The second-order valence-electron chi connectivity index (χ2n) is 7.14. The molecular weight excluding hydrogens is 356 g/mol. The monoisotopic (exact) mass is 388 g/mol. The van der Waals surface area contributed by atoms with Crippen molar-refractivity contribution in [3.05, 3.63) is 29.8 Å². The topological polar surface area (TPSA) is 107 Å². The highest BCUT2D eigenvalue weighted by Gasteiger charge is 2.28. The number of hydrogen-bond acceptors (Lipinski definition) is 3. The van der Waals surface area contributed by atoms with Crippen molar-refractivity contribution in [1.29, 1.82) is 0 Å². The number of hydrogen-bond donors (Lipinski definition) is 5. The van der Waals surface area contributed by atoms with Gasteiger partial charge in [0.1, 0.15) is 0 Å². The molecule has 154 valence electrons. The van der Waals surface area contributed by atoms with Crippen LogP contribution in [0.15, 0.2) is 29.3 Å². The highest BCUT2D eigenvalue weighted by molar-refractivity contribution is 5.89. The van der Waals surface area contributed by atoms with E-state index in [2.05, 4.69) is 31.6 Å². The van der Waals surface area contributed by atoms with Crippen LogP contribution in [0, 0.1) is 5.92 Å². The van der Waals surface area contributed by atoms with Gasteiger partial charge in [-0.25, -0.2) is 9.79 Å². The summed E-state index contributed by atoms with van der Waals surface area (Å²) in [6.45, 7) is 8.32. The highest BCUT2D eigenvalue weighted by atomic mass is 16.2. The average Bonchev–Trinajstić information content (AvgIpc) is 3.48. The number of nitrogens with one attached hydrogen (secondary N) is 5. The molecular formula is C20H32N6O2. The van der Waals surface area contributed by atoms with Crippen LogP contribution in [0.3, 0.4) is 0 Å². The van der Waals surface area contributed by atoms with Gasteiger partial charge in [-0.15, -0.1) is 0 Å². The van der Waals surface area contributed by atoms with E-state index < -0.39 is 0 Å². The summed E-state index contributed by atoms with van der Waals surface area (Å²) in [5.41, 5.74) is 1.77. The predicted molar refractivity (Wildman–Crippen MR) is 112 cm³/mol. The molecule has 8 heteroatoms. The second kappa shape index (κ2) is 11.2. The van der Waals surface area contributed by atoms with Crippen LogP contribution in [0.1, 0.15) is 39.2 Å². The molecule has 5 N–H and O–H groups in total. The standard InChI is InChI=1S/C20H32N6O2/c1-4-21-19(23-12-11-22-18(27)16-7-8-16)24-13-15-5-9-17(10-6-15)26-20(28)25-14(2)3/h5-6,9-10,14,16H,4,7-8,11-13H2,1-3H3,(H,22,27)(H2,21,23,24)(H2,25,26,28). The van der Waals surface area contributed by atoms with Gasteiger partial charge in [-0.1, -0.05) is 12.1 Å². The minimum Gasteiger partial charge on any atom is -0.357 e. The van der Waals surface area contributed by atoms with Crippen molar-refractivity contribution in [1.82, 2.24) is 21.3 Å². The molecule has 8 nitrogen and oxygen atoms in total. The molecule has 0 bridgehead atoms. The Hall–Kier alpha value is -2.77. The fourth-order valence-electron chi connectivity index (χ4n) is 2.49. The number of urea groups is 1. The summed E-state index contributed by atoms with van der Waals surface area (Å²) in [6, 6.07) is 7.47. The molecule has 0 heterocycles. The van der Waals surface area contributed by atoms with Gasteiger partial charge < -0.3 is 26.6 Å². The molecule has 0 aromatic heterocycles. The van der Waals surface area contributed by atoms with Gasteiger partial charge in [0.2, 0.25) is 5.91 Å². The number of rotatable bonds is 9. The quantitative estimate of drug-likeness (QED) is 0.253. The molecule has 3 amide bonds. The van der Waals surface area contributed by atoms with Gasteiger partial charge in [0.25, 0.3) is 0 Å². The number of carbonyl (C=O) groups is 2. The van der Waals surface area contributed by atoms with Crippen molar-refractivity contribution in [3.8, 4) is 0 Å². The van der Waals surface area contributed by atoms with Crippen molar-refractivity contribution in [3.63, 3.8) is 0 Å². The number of carbonyl (C=O) groups excluding carboxylic acids is 2. The molecule has 1 aliphatic rings. The lowest BCUT2D eigenvalue weighted by molar-refractivity contribution is -0.122. The van der Waals surface area contributed by atoms with Gasteiger partial charge >= 0.3 is 6.03 Å². The molecule has 1 saturated carbocycles. The Morgan fingerprint density at radius 3 is 2.36 bits per heavy atom. The van der Waals surface area contributed by atoms with E-state index in [9.17, 15) is 9.59 Å². The number of nitrogens with zero attached hydrogens (tertiary/aromatic N) is 1. The lowest BCUT2D eigenvalue weighted by Gasteiger charge is -2.12. The van der Waals surface area contributed by atoms with Crippen molar-refractivity contribution in [2.24, 2.45) is 10.9 Å². The molecule has 0 aliphatic heterocycles. The summed E-state index contributed by atoms with van der Waals surface area (Å²) in [4.78, 5) is 27.9. The van der Waals surface area contributed by atoms with Gasteiger partial charge in [0, 0.05) is 37.3 Å². The van der Waals surface area contributed by atoms with Gasteiger partial charge in [-0.05, 0) is 51.3 Å². The average molecular weight is 389 g/mol. The summed E-state index contributed by atoms with van der Waals surface area (Å²) in [5, 5.41) is 14.9. The zero-order valence-corrected chi connectivity index (χ0v) is 17.0. The molecule has 0 saturated heterocycles. The number of anilines is 1. The van der Waals surface area contributed by atoms with Crippen molar-refractivity contribution in [2.75, 3.05) is 25.0 Å². The number of amides is 3. The van der Waals surface area contributed by atoms with Crippen molar-refractivity contribution in [2.45, 2.75) is 46.2 Å². The SMILES string of the molecule is CCNC(=NCc1ccc(NC(=O)NC(C)C)cc1)NCCNC(=O)C1CC1. The van der Waals surface area contributed by atoms with E-state index in [1.54, 1.807) is 0 Å². The Morgan fingerprint density at radius 1 is 1.07 bits per heavy atom. The van der Waals surface area contributed by atoms with Gasteiger partial charge in [0.15, 0.2) is 5.96 Å². The first-order valence-corrected chi connectivity index (χ1v) is 9.94. The van der Waals surface area contributed by atoms with Crippen molar-refractivity contribution < 1.29 is 9.59 Å². The number of guanidine groups is 1. The fourth-order valence-corrected chi connectivity index (χ4v) is 2.49. The van der Waals surface area contributed by atoms with E-state index in [1.807, 2.05) is 45.0 Å². The zero-order chi connectivity index (χ0) is 20.4. The number of benzene rings is 1. The fraction of sp³-hybridized carbons (Fsp3) is 0.550. The molecule has 0 spiro atoms. The molecule has 2 rings (SSSR count). The molecule has 1 fully saturated rings. The third-order valence-corrected chi connectivity index (χ3v) is 4.06.